The molecule has 3 aromatic rings. The lowest BCUT2D eigenvalue weighted by atomic mass is 9.98. The van der Waals surface area contributed by atoms with Gasteiger partial charge in [-0.1, -0.05) is 72.8 Å². The van der Waals surface area contributed by atoms with E-state index in [1.165, 1.54) is 0 Å². The second-order valence-corrected chi connectivity index (χ2v) is 7.62. The highest BCUT2D eigenvalue weighted by Crippen LogP contribution is 2.44. The molecular weight excluding hydrogens is 392 g/mol. The number of hydrogen-bond donors (Lipinski definition) is 4. The number of nitrogens with two attached hydrogens (primary N) is 1. The molecule has 1 amide bonds. The van der Waals surface area contributed by atoms with Crippen molar-refractivity contribution in [3.05, 3.63) is 95.1 Å². The Kier molecular flexibility index (Phi) is 6.32. The fraction of sp³-hybridized carbons (Fsp3) is 0.240. The van der Waals surface area contributed by atoms with Crippen LogP contribution in [0.3, 0.4) is 0 Å². The minimum absolute atomic E-state index is 0.0369. The molecule has 1 aliphatic rings. The number of ether oxygens (including phenoxy) is 1. The average molecular weight is 418 g/mol. The summed E-state index contributed by atoms with van der Waals surface area (Å²) >= 11 is 0. The Balaban J connectivity index is 1.35. The van der Waals surface area contributed by atoms with Gasteiger partial charge in [0.05, 0.1) is 0 Å². The van der Waals surface area contributed by atoms with Gasteiger partial charge in [-0.05, 0) is 33.4 Å². The molecule has 6 heteroatoms. The normalized spacial score (nSPS) is 14.4. The van der Waals surface area contributed by atoms with Crippen LogP contribution in [0.1, 0.15) is 34.3 Å². The average Bonchev–Trinajstić information content (AvgIpc) is 3.14. The van der Waals surface area contributed by atoms with Gasteiger partial charge in [0.2, 0.25) is 0 Å². The first-order valence-electron chi connectivity index (χ1n) is 10.3. The van der Waals surface area contributed by atoms with Gasteiger partial charge in [-0.25, -0.2) is 4.79 Å². The zero-order valence-corrected chi connectivity index (χ0v) is 17.1. The van der Waals surface area contributed by atoms with Crippen molar-refractivity contribution < 1.29 is 19.7 Å². The minimum atomic E-state index is -1.19. The van der Waals surface area contributed by atoms with Gasteiger partial charge < -0.3 is 26.0 Å². The Bertz CT molecular complexity index is 1020. The molecule has 0 bridgehead atoms. The van der Waals surface area contributed by atoms with Gasteiger partial charge in [0.1, 0.15) is 18.8 Å². The van der Waals surface area contributed by atoms with Crippen LogP contribution in [0.25, 0.3) is 11.1 Å². The van der Waals surface area contributed by atoms with Crippen molar-refractivity contribution in [2.75, 3.05) is 13.2 Å². The SMILES string of the molecule is NCc1ccccc1C(O)C(O)CNC(=O)OCC1c2ccccc2-c2ccccc21. The summed E-state index contributed by atoms with van der Waals surface area (Å²) in [5.41, 5.74) is 11.6. The van der Waals surface area contributed by atoms with Gasteiger partial charge in [-0.15, -0.1) is 0 Å². The maximum Gasteiger partial charge on any atom is 0.407 e. The monoisotopic (exact) mass is 418 g/mol. The van der Waals surface area contributed by atoms with Crippen molar-refractivity contribution in [2.45, 2.75) is 24.7 Å². The number of rotatable bonds is 7. The quantitative estimate of drug-likeness (QED) is 0.472. The van der Waals surface area contributed by atoms with Crippen molar-refractivity contribution in [3.63, 3.8) is 0 Å². The van der Waals surface area contributed by atoms with Crippen molar-refractivity contribution in [1.82, 2.24) is 5.32 Å². The molecule has 0 fully saturated rings. The summed E-state index contributed by atoms with van der Waals surface area (Å²) < 4.78 is 5.46. The van der Waals surface area contributed by atoms with Gasteiger partial charge in [-0.3, -0.25) is 0 Å². The van der Waals surface area contributed by atoms with E-state index in [1.54, 1.807) is 18.2 Å². The molecule has 3 aromatic carbocycles. The van der Waals surface area contributed by atoms with E-state index in [-0.39, 0.29) is 25.6 Å². The van der Waals surface area contributed by atoms with Crippen molar-refractivity contribution in [1.29, 1.82) is 0 Å². The molecule has 2 unspecified atom stereocenters. The van der Waals surface area contributed by atoms with Crippen LogP contribution in [-0.4, -0.2) is 35.6 Å². The molecule has 31 heavy (non-hydrogen) atoms. The van der Waals surface area contributed by atoms with E-state index in [4.69, 9.17) is 10.5 Å². The third-order valence-electron chi connectivity index (χ3n) is 5.76. The summed E-state index contributed by atoms with van der Waals surface area (Å²) in [5.74, 6) is -0.0369. The molecule has 0 heterocycles. The number of carbonyl (C=O) groups excluding carboxylic acids is 1. The molecule has 1 aliphatic carbocycles. The first kappa shape index (κ1) is 21.1. The molecule has 5 N–H and O–H groups in total. The summed E-state index contributed by atoms with van der Waals surface area (Å²) in [7, 11) is 0. The molecular formula is C25H26N2O4. The van der Waals surface area contributed by atoms with Crippen LogP contribution in [0.15, 0.2) is 72.8 Å². The number of hydrogen-bond acceptors (Lipinski definition) is 5. The van der Waals surface area contributed by atoms with E-state index in [0.29, 0.717) is 5.56 Å². The molecule has 0 saturated heterocycles. The standard InChI is InChI=1S/C25H26N2O4/c26-13-16-7-1-2-8-17(16)24(29)23(28)14-27-25(30)31-15-22-20-11-5-3-9-18(20)19-10-4-6-12-21(19)22/h1-12,22-24,28-29H,13-15,26H2,(H,27,30). The van der Waals surface area contributed by atoms with Crippen molar-refractivity contribution >= 4 is 6.09 Å². The van der Waals surface area contributed by atoms with Gasteiger partial charge in [0.15, 0.2) is 0 Å². The van der Waals surface area contributed by atoms with Crippen LogP contribution in [0, 0.1) is 0 Å². The third kappa shape index (κ3) is 4.32. The third-order valence-corrected chi connectivity index (χ3v) is 5.76. The maximum absolute atomic E-state index is 12.3. The predicted octanol–water partition coefficient (Wildman–Crippen LogP) is 3.08. The number of fused-ring (bicyclic) bond motifs is 3. The second kappa shape index (κ2) is 9.31. The molecule has 160 valence electrons. The minimum Gasteiger partial charge on any atom is -0.449 e. The van der Waals surface area contributed by atoms with Crippen molar-refractivity contribution in [2.24, 2.45) is 5.73 Å². The van der Waals surface area contributed by atoms with Crippen LogP contribution in [0.4, 0.5) is 4.79 Å². The van der Waals surface area contributed by atoms with Gasteiger partial charge in [0.25, 0.3) is 0 Å². The second-order valence-electron chi connectivity index (χ2n) is 7.62. The van der Waals surface area contributed by atoms with Gasteiger partial charge >= 0.3 is 6.09 Å². The Hall–Kier alpha value is -3.19. The van der Waals surface area contributed by atoms with E-state index in [9.17, 15) is 15.0 Å². The lowest BCUT2D eigenvalue weighted by molar-refractivity contribution is 0.0180. The molecule has 4 rings (SSSR count). The first-order chi connectivity index (χ1) is 15.1. The van der Waals surface area contributed by atoms with Crippen molar-refractivity contribution in [3.8, 4) is 11.1 Å². The Morgan fingerprint density at radius 2 is 1.52 bits per heavy atom. The highest BCUT2D eigenvalue weighted by atomic mass is 16.5. The molecule has 2 atom stereocenters. The summed E-state index contributed by atoms with van der Waals surface area (Å²) in [5, 5.41) is 23.3. The summed E-state index contributed by atoms with van der Waals surface area (Å²) in [6.07, 6.45) is -2.98. The predicted molar refractivity (Wildman–Crippen MR) is 118 cm³/mol. The number of amides is 1. The topological polar surface area (TPSA) is 105 Å². The largest absolute Gasteiger partial charge is 0.449 e. The summed E-state index contributed by atoms with van der Waals surface area (Å²) in [6, 6.07) is 23.3. The molecule has 0 saturated carbocycles. The molecule has 0 aromatic heterocycles. The summed E-state index contributed by atoms with van der Waals surface area (Å²) in [6.45, 7) is 0.297. The van der Waals surface area contributed by atoms with Crippen LogP contribution >= 0.6 is 0 Å². The van der Waals surface area contributed by atoms with Crippen LogP contribution < -0.4 is 11.1 Å². The maximum atomic E-state index is 12.3. The Morgan fingerprint density at radius 1 is 0.935 bits per heavy atom. The number of nitrogens with one attached hydrogen (secondary N) is 1. The highest BCUT2D eigenvalue weighted by molar-refractivity contribution is 5.79. The molecule has 0 spiro atoms. The highest BCUT2D eigenvalue weighted by Gasteiger charge is 2.29. The zero-order chi connectivity index (χ0) is 21.8. The summed E-state index contributed by atoms with van der Waals surface area (Å²) in [4.78, 5) is 12.3. The number of alkyl carbamates (subject to hydrolysis) is 1. The van der Waals surface area contributed by atoms with Gasteiger partial charge in [-0.2, -0.15) is 0 Å². The van der Waals surface area contributed by atoms with Crippen LogP contribution in [-0.2, 0) is 11.3 Å². The van der Waals surface area contributed by atoms with Gasteiger partial charge in [0, 0.05) is 19.0 Å². The van der Waals surface area contributed by atoms with E-state index < -0.39 is 18.3 Å². The molecule has 0 radical (unpaired) electrons. The number of aliphatic hydroxyl groups is 2. The lowest BCUT2D eigenvalue weighted by Crippen LogP contribution is -2.36. The fourth-order valence-corrected chi connectivity index (χ4v) is 4.16. The Morgan fingerprint density at radius 3 is 2.16 bits per heavy atom. The first-order valence-corrected chi connectivity index (χ1v) is 10.3. The van der Waals surface area contributed by atoms with Crippen LogP contribution in [0.2, 0.25) is 0 Å². The fourth-order valence-electron chi connectivity index (χ4n) is 4.16. The van der Waals surface area contributed by atoms with E-state index >= 15 is 0 Å². The van der Waals surface area contributed by atoms with E-state index in [2.05, 4.69) is 29.6 Å². The zero-order valence-electron chi connectivity index (χ0n) is 17.1. The number of carbonyl (C=O) groups is 1. The Labute approximate surface area is 181 Å². The molecule has 0 aliphatic heterocycles. The van der Waals surface area contributed by atoms with E-state index in [0.717, 1.165) is 27.8 Å². The molecule has 6 nitrogen and oxygen atoms in total. The number of benzene rings is 3. The smallest absolute Gasteiger partial charge is 0.407 e. The number of aliphatic hydroxyl groups excluding tert-OH is 2. The van der Waals surface area contributed by atoms with Crippen LogP contribution in [0.5, 0.6) is 0 Å². The lowest BCUT2D eigenvalue weighted by Gasteiger charge is -2.21. The van der Waals surface area contributed by atoms with E-state index in [1.807, 2.05) is 30.3 Å².